The summed E-state index contributed by atoms with van der Waals surface area (Å²) in [6.07, 6.45) is 2.56. The Bertz CT molecular complexity index is 1120. The van der Waals surface area contributed by atoms with Crippen molar-refractivity contribution in [2.24, 2.45) is 5.10 Å². The molecular weight excluding hydrogens is 416 g/mol. The molecule has 0 saturated carbocycles. The Hall–Kier alpha value is -3.89. The van der Waals surface area contributed by atoms with Gasteiger partial charge in [0.05, 0.1) is 44.3 Å². The Morgan fingerprint density at radius 2 is 1.97 bits per heavy atom. The summed E-state index contributed by atoms with van der Waals surface area (Å²) in [4.78, 5) is 15.4. The molecule has 0 spiro atoms. The molecule has 0 fully saturated rings. The van der Waals surface area contributed by atoms with Crippen LogP contribution < -0.4 is 4.74 Å². The lowest BCUT2D eigenvalue weighted by Crippen LogP contribution is -2.38. The van der Waals surface area contributed by atoms with E-state index in [0.717, 1.165) is 28.3 Å². The lowest BCUT2D eigenvalue weighted by atomic mass is 9.98. The second-order valence-corrected chi connectivity index (χ2v) is 7.84. The largest absolute Gasteiger partial charge is 0.497 e. The number of methoxy groups -OCH3 is 1. The first-order valence-corrected chi connectivity index (χ1v) is 10.9. The number of carbonyl (C=O) groups excluding carboxylic acids is 1. The van der Waals surface area contributed by atoms with Gasteiger partial charge in [0.1, 0.15) is 11.5 Å². The van der Waals surface area contributed by atoms with E-state index in [9.17, 15) is 4.79 Å². The fourth-order valence-corrected chi connectivity index (χ4v) is 3.94. The molecule has 4 rings (SSSR count). The maximum atomic E-state index is 13.5. The molecule has 7 nitrogen and oxygen atoms in total. The Morgan fingerprint density at radius 1 is 1.18 bits per heavy atom. The van der Waals surface area contributed by atoms with Gasteiger partial charge in [-0.25, -0.2) is 5.01 Å². The van der Waals surface area contributed by atoms with Crippen molar-refractivity contribution in [3.63, 3.8) is 0 Å². The second kappa shape index (κ2) is 10.6. The SMILES string of the molecule is COc1ccc(C2CC(c3ccccc3)=NN2C(=O)CN(CCC#N)Cc2ccco2)cc1. The fraction of sp³-hybridized carbons (Fsp3) is 0.269. The number of furan rings is 1. The summed E-state index contributed by atoms with van der Waals surface area (Å²) < 4.78 is 10.7. The molecule has 1 amide bonds. The van der Waals surface area contributed by atoms with Gasteiger partial charge in [-0.2, -0.15) is 10.4 Å². The van der Waals surface area contributed by atoms with Crippen LogP contribution in [-0.2, 0) is 11.3 Å². The highest BCUT2D eigenvalue weighted by Crippen LogP contribution is 2.33. The van der Waals surface area contributed by atoms with Crippen LogP contribution in [0.4, 0.5) is 0 Å². The van der Waals surface area contributed by atoms with E-state index < -0.39 is 0 Å². The molecule has 2 heterocycles. The molecule has 7 heteroatoms. The van der Waals surface area contributed by atoms with Crippen LogP contribution in [0.5, 0.6) is 5.75 Å². The predicted molar refractivity (Wildman–Crippen MR) is 124 cm³/mol. The third-order valence-electron chi connectivity index (χ3n) is 5.63. The standard InChI is InChI=1S/C26H26N4O3/c1-32-22-12-10-21(11-13-22)25-17-24(20-7-3-2-4-8-20)28-30(25)26(31)19-29(15-6-14-27)18-23-9-5-16-33-23/h2-5,7-13,16,25H,6,15,17-19H2,1H3. The number of nitriles is 1. The number of hydrogen-bond acceptors (Lipinski definition) is 6. The van der Waals surface area contributed by atoms with Gasteiger partial charge < -0.3 is 9.15 Å². The summed E-state index contributed by atoms with van der Waals surface area (Å²) in [6, 6.07) is 23.3. The van der Waals surface area contributed by atoms with Crippen molar-refractivity contribution in [1.29, 1.82) is 5.26 Å². The number of carbonyl (C=O) groups is 1. The van der Waals surface area contributed by atoms with Crippen molar-refractivity contribution < 1.29 is 13.9 Å². The molecule has 0 N–H and O–H groups in total. The lowest BCUT2D eigenvalue weighted by molar-refractivity contribution is -0.134. The molecule has 0 aliphatic carbocycles. The zero-order valence-corrected chi connectivity index (χ0v) is 18.6. The topological polar surface area (TPSA) is 82.1 Å². The molecule has 3 aromatic rings. The molecule has 1 aliphatic heterocycles. The monoisotopic (exact) mass is 442 g/mol. The van der Waals surface area contributed by atoms with Crippen molar-refractivity contribution in [1.82, 2.24) is 9.91 Å². The quantitative estimate of drug-likeness (QED) is 0.491. The maximum absolute atomic E-state index is 13.5. The molecule has 1 aliphatic rings. The molecule has 168 valence electrons. The van der Waals surface area contributed by atoms with E-state index in [1.165, 1.54) is 0 Å². The van der Waals surface area contributed by atoms with Gasteiger partial charge in [0.15, 0.2) is 0 Å². The third-order valence-corrected chi connectivity index (χ3v) is 5.63. The second-order valence-electron chi connectivity index (χ2n) is 7.84. The fourth-order valence-electron chi connectivity index (χ4n) is 3.94. The summed E-state index contributed by atoms with van der Waals surface area (Å²) in [5.41, 5.74) is 2.87. The Kier molecular flexibility index (Phi) is 7.18. The summed E-state index contributed by atoms with van der Waals surface area (Å²) in [5, 5.41) is 15.4. The van der Waals surface area contributed by atoms with Crippen LogP contribution in [0.3, 0.4) is 0 Å². The van der Waals surface area contributed by atoms with E-state index in [1.807, 2.05) is 71.6 Å². The van der Waals surface area contributed by atoms with Crippen molar-refractivity contribution in [2.45, 2.75) is 25.4 Å². The van der Waals surface area contributed by atoms with Gasteiger partial charge in [-0.05, 0) is 35.4 Å². The lowest BCUT2D eigenvalue weighted by Gasteiger charge is -2.26. The number of benzene rings is 2. The van der Waals surface area contributed by atoms with Crippen molar-refractivity contribution in [3.8, 4) is 11.8 Å². The molecule has 0 saturated heterocycles. The number of hydrazone groups is 1. The summed E-state index contributed by atoms with van der Waals surface area (Å²) in [6.45, 7) is 1.07. The van der Waals surface area contributed by atoms with E-state index in [-0.39, 0.29) is 18.5 Å². The molecule has 2 aromatic carbocycles. The van der Waals surface area contributed by atoms with Gasteiger partial charge in [-0.3, -0.25) is 9.69 Å². The van der Waals surface area contributed by atoms with Gasteiger partial charge in [-0.1, -0.05) is 42.5 Å². The van der Waals surface area contributed by atoms with Crippen LogP contribution in [0.1, 0.15) is 35.8 Å². The van der Waals surface area contributed by atoms with Gasteiger partial charge in [-0.15, -0.1) is 0 Å². The maximum Gasteiger partial charge on any atom is 0.257 e. The van der Waals surface area contributed by atoms with Crippen molar-refractivity contribution >= 4 is 11.6 Å². The first-order valence-electron chi connectivity index (χ1n) is 10.9. The zero-order chi connectivity index (χ0) is 23.0. The number of ether oxygens (including phenoxy) is 1. The van der Waals surface area contributed by atoms with Crippen LogP contribution in [0.2, 0.25) is 0 Å². The molecular formula is C26H26N4O3. The minimum absolute atomic E-state index is 0.119. The molecule has 1 aromatic heterocycles. The average Bonchev–Trinajstić information content (AvgIpc) is 3.53. The van der Waals surface area contributed by atoms with E-state index >= 15 is 0 Å². The minimum Gasteiger partial charge on any atom is -0.497 e. The van der Waals surface area contributed by atoms with Crippen LogP contribution in [0.25, 0.3) is 0 Å². The highest BCUT2D eigenvalue weighted by atomic mass is 16.5. The van der Waals surface area contributed by atoms with E-state index in [4.69, 9.17) is 19.5 Å². The summed E-state index contributed by atoms with van der Waals surface area (Å²) >= 11 is 0. The molecule has 0 bridgehead atoms. The smallest absolute Gasteiger partial charge is 0.257 e. The minimum atomic E-state index is -0.208. The number of nitrogens with zero attached hydrogens (tertiary/aromatic N) is 4. The first kappa shape index (κ1) is 22.3. The molecule has 1 unspecified atom stereocenters. The number of hydrogen-bond donors (Lipinski definition) is 0. The third kappa shape index (κ3) is 5.48. The number of amides is 1. The van der Waals surface area contributed by atoms with Gasteiger partial charge in [0, 0.05) is 19.4 Å². The Labute approximate surface area is 193 Å². The average molecular weight is 443 g/mol. The van der Waals surface area contributed by atoms with E-state index in [2.05, 4.69) is 6.07 Å². The van der Waals surface area contributed by atoms with Gasteiger partial charge in [0.25, 0.3) is 5.91 Å². The van der Waals surface area contributed by atoms with E-state index in [0.29, 0.717) is 25.9 Å². The molecule has 33 heavy (non-hydrogen) atoms. The highest BCUT2D eigenvalue weighted by Gasteiger charge is 2.33. The number of rotatable bonds is 9. The Balaban J connectivity index is 1.58. The summed E-state index contributed by atoms with van der Waals surface area (Å²) in [7, 11) is 1.63. The van der Waals surface area contributed by atoms with Crippen LogP contribution in [-0.4, -0.2) is 41.7 Å². The first-order chi connectivity index (χ1) is 16.2. The summed E-state index contributed by atoms with van der Waals surface area (Å²) in [5.74, 6) is 1.40. The predicted octanol–water partition coefficient (Wildman–Crippen LogP) is 4.38. The van der Waals surface area contributed by atoms with Crippen molar-refractivity contribution in [3.05, 3.63) is 89.9 Å². The normalized spacial score (nSPS) is 15.4. The molecule has 0 radical (unpaired) electrons. The van der Waals surface area contributed by atoms with Crippen LogP contribution in [0, 0.1) is 11.3 Å². The van der Waals surface area contributed by atoms with Crippen molar-refractivity contribution in [2.75, 3.05) is 20.2 Å². The van der Waals surface area contributed by atoms with E-state index in [1.54, 1.807) is 18.4 Å². The highest BCUT2D eigenvalue weighted by molar-refractivity contribution is 6.03. The zero-order valence-electron chi connectivity index (χ0n) is 18.6. The molecule has 1 atom stereocenters. The van der Waals surface area contributed by atoms with Crippen LogP contribution in [0.15, 0.2) is 82.5 Å². The van der Waals surface area contributed by atoms with Gasteiger partial charge >= 0.3 is 0 Å². The van der Waals surface area contributed by atoms with Crippen LogP contribution >= 0.6 is 0 Å². The Morgan fingerprint density at radius 3 is 2.64 bits per heavy atom. The van der Waals surface area contributed by atoms with Gasteiger partial charge in [0.2, 0.25) is 0 Å².